The summed E-state index contributed by atoms with van der Waals surface area (Å²) in [6.07, 6.45) is 3.35. The Balaban J connectivity index is 2.28. The number of H-pyrrole nitrogens is 1. The van der Waals surface area contributed by atoms with Crippen LogP contribution in [0.15, 0.2) is 35.4 Å². The molecule has 0 aliphatic heterocycles. The van der Waals surface area contributed by atoms with E-state index in [4.69, 9.17) is 0 Å². The SMILES string of the molecule is Cn1cc(-c2nc3ccc(F)cc3c(=O)[nH]2)cn1. The van der Waals surface area contributed by atoms with Crippen molar-refractivity contribution in [1.29, 1.82) is 0 Å². The number of aromatic nitrogens is 4. The number of fused-ring (bicyclic) bond motifs is 1. The van der Waals surface area contributed by atoms with E-state index in [-0.39, 0.29) is 10.9 Å². The summed E-state index contributed by atoms with van der Waals surface area (Å²) in [7, 11) is 1.78. The molecule has 0 saturated heterocycles. The van der Waals surface area contributed by atoms with Gasteiger partial charge in [0.15, 0.2) is 0 Å². The Hall–Kier alpha value is -2.50. The van der Waals surface area contributed by atoms with Crippen molar-refractivity contribution in [2.45, 2.75) is 0 Å². The molecule has 0 unspecified atom stereocenters. The molecule has 1 N–H and O–H groups in total. The van der Waals surface area contributed by atoms with E-state index in [1.54, 1.807) is 24.1 Å². The lowest BCUT2D eigenvalue weighted by molar-refractivity contribution is 0.629. The number of halogens is 1. The summed E-state index contributed by atoms with van der Waals surface area (Å²) in [4.78, 5) is 18.7. The molecular weight excluding hydrogens is 235 g/mol. The van der Waals surface area contributed by atoms with Crippen LogP contribution in [0.3, 0.4) is 0 Å². The maximum atomic E-state index is 13.0. The van der Waals surface area contributed by atoms with E-state index in [9.17, 15) is 9.18 Å². The van der Waals surface area contributed by atoms with Gasteiger partial charge in [-0.05, 0) is 18.2 Å². The van der Waals surface area contributed by atoms with E-state index in [0.717, 1.165) is 0 Å². The molecule has 2 heterocycles. The summed E-state index contributed by atoms with van der Waals surface area (Å²) >= 11 is 0. The third-order valence-electron chi connectivity index (χ3n) is 2.65. The minimum atomic E-state index is -0.455. The quantitative estimate of drug-likeness (QED) is 0.704. The monoisotopic (exact) mass is 244 g/mol. The van der Waals surface area contributed by atoms with Crippen LogP contribution in [-0.2, 0) is 7.05 Å². The van der Waals surface area contributed by atoms with Crippen molar-refractivity contribution in [1.82, 2.24) is 19.7 Å². The summed E-state index contributed by atoms with van der Waals surface area (Å²) in [5.74, 6) is -0.0314. The van der Waals surface area contributed by atoms with E-state index in [0.29, 0.717) is 16.9 Å². The Labute approximate surface area is 101 Å². The first kappa shape index (κ1) is 10.6. The van der Waals surface area contributed by atoms with Crippen LogP contribution in [0, 0.1) is 5.82 Å². The second-order valence-corrected chi connectivity index (χ2v) is 3.98. The number of aromatic amines is 1. The first-order valence-electron chi connectivity index (χ1n) is 5.32. The van der Waals surface area contributed by atoms with Gasteiger partial charge in [0.2, 0.25) is 0 Å². The highest BCUT2D eigenvalue weighted by Crippen LogP contribution is 2.15. The van der Waals surface area contributed by atoms with Crippen LogP contribution in [-0.4, -0.2) is 19.7 Å². The summed E-state index contributed by atoms with van der Waals surface area (Å²) < 4.78 is 14.7. The standard InChI is InChI=1S/C12H9FN4O/c1-17-6-7(5-14-17)11-15-10-3-2-8(13)4-9(10)12(18)16-11/h2-6H,1H3,(H,15,16,18). The van der Waals surface area contributed by atoms with Gasteiger partial charge in [0.1, 0.15) is 11.6 Å². The van der Waals surface area contributed by atoms with Gasteiger partial charge < -0.3 is 4.98 Å². The highest BCUT2D eigenvalue weighted by molar-refractivity contribution is 5.79. The Morgan fingerprint density at radius 2 is 2.22 bits per heavy atom. The van der Waals surface area contributed by atoms with Gasteiger partial charge in [-0.15, -0.1) is 0 Å². The summed E-state index contributed by atoms with van der Waals surface area (Å²) in [5, 5.41) is 4.25. The number of nitrogens with zero attached hydrogens (tertiary/aromatic N) is 3. The molecule has 0 saturated carbocycles. The molecule has 18 heavy (non-hydrogen) atoms. The van der Waals surface area contributed by atoms with Crippen LogP contribution in [0.1, 0.15) is 0 Å². The number of rotatable bonds is 1. The summed E-state index contributed by atoms with van der Waals surface area (Å²) in [6.45, 7) is 0. The van der Waals surface area contributed by atoms with Gasteiger partial charge in [-0.1, -0.05) is 0 Å². The van der Waals surface area contributed by atoms with E-state index in [1.807, 2.05) is 0 Å². The molecule has 1 aromatic carbocycles. The third kappa shape index (κ3) is 1.67. The first-order valence-corrected chi connectivity index (χ1v) is 5.32. The molecule has 3 aromatic rings. The molecule has 6 heteroatoms. The van der Waals surface area contributed by atoms with Gasteiger partial charge in [0, 0.05) is 13.2 Å². The van der Waals surface area contributed by atoms with Crippen molar-refractivity contribution < 1.29 is 4.39 Å². The Morgan fingerprint density at radius 1 is 1.39 bits per heavy atom. The lowest BCUT2D eigenvalue weighted by atomic mass is 10.2. The molecule has 0 atom stereocenters. The fraction of sp³-hybridized carbons (Fsp3) is 0.0833. The maximum Gasteiger partial charge on any atom is 0.259 e. The summed E-state index contributed by atoms with van der Waals surface area (Å²) in [6, 6.07) is 3.94. The summed E-state index contributed by atoms with van der Waals surface area (Å²) in [5.41, 5.74) is 0.804. The van der Waals surface area contributed by atoms with Crippen LogP contribution >= 0.6 is 0 Å². The molecule has 0 bridgehead atoms. The van der Waals surface area contributed by atoms with E-state index >= 15 is 0 Å². The highest BCUT2D eigenvalue weighted by atomic mass is 19.1. The van der Waals surface area contributed by atoms with Crippen molar-refractivity contribution in [3.05, 3.63) is 46.8 Å². The van der Waals surface area contributed by atoms with Crippen LogP contribution in [0.4, 0.5) is 4.39 Å². The zero-order valence-corrected chi connectivity index (χ0v) is 9.51. The average Bonchev–Trinajstić information content (AvgIpc) is 2.77. The smallest absolute Gasteiger partial charge is 0.259 e. The van der Waals surface area contributed by atoms with Gasteiger partial charge in [-0.25, -0.2) is 9.37 Å². The molecule has 0 amide bonds. The topological polar surface area (TPSA) is 63.6 Å². The molecule has 0 aliphatic rings. The van der Waals surface area contributed by atoms with Crippen LogP contribution in [0.25, 0.3) is 22.3 Å². The number of nitrogens with one attached hydrogen (secondary N) is 1. The minimum absolute atomic E-state index is 0.239. The highest BCUT2D eigenvalue weighted by Gasteiger charge is 2.08. The molecule has 0 spiro atoms. The first-order chi connectivity index (χ1) is 8.63. The minimum Gasteiger partial charge on any atom is -0.306 e. The van der Waals surface area contributed by atoms with E-state index < -0.39 is 5.82 Å². The molecule has 3 rings (SSSR count). The zero-order chi connectivity index (χ0) is 12.7. The van der Waals surface area contributed by atoms with Gasteiger partial charge in [0.25, 0.3) is 5.56 Å². The number of hydrogen-bond acceptors (Lipinski definition) is 3. The maximum absolute atomic E-state index is 13.0. The molecule has 0 fully saturated rings. The second-order valence-electron chi connectivity index (χ2n) is 3.98. The fourth-order valence-electron chi connectivity index (χ4n) is 1.79. The molecule has 2 aromatic heterocycles. The van der Waals surface area contributed by atoms with Crippen LogP contribution < -0.4 is 5.56 Å². The third-order valence-corrected chi connectivity index (χ3v) is 2.65. The van der Waals surface area contributed by atoms with Crippen molar-refractivity contribution >= 4 is 10.9 Å². The van der Waals surface area contributed by atoms with E-state index in [1.165, 1.54) is 18.2 Å². The van der Waals surface area contributed by atoms with Gasteiger partial charge in [0.05, 0.1) is 22.7 Å². The lowest BCUT2D eigenvalue weighted by Crippen LogP contribution is -2.09. The largest absolute Gasteiger partial charge is 0.306 e. The molecule has 0 aliphatic carbocycles. The predicted octanol–water partition coefficient (Wildman–Crippen LogP) is 1.46. The fourth-order valence-corrected chi connectivity index (χ4v) is 1.79. The van der Waals surface area contributed by atoms with Crippen molar-refractivity contribution in [3.63, 3.8) is 0 Å². The van der Waals surface area contributed by atoms with Crippen molar-refractivity contribution in [3.8, 4) is 11.4 Å². The van der Waals surface area contributed by atoms with Crippen molar-refractivity contribution in [2.24, 2.45) is 7.05 Å². The molecule has 5 nitrogen and oxygen atoms in total. The van der Waals surface area contributed by atoms with Gasteiger partial charge in [-0.2, -0.15) is 5.10 Å². The number of hydrogen-bond donors (Lipinski definition) is 1. The zero-order valence-electron chi connectivity index (χ0n) is 9.51. The number of benzene rings is 1. The molecular formula is C12H9FN4O. The van der Waals surface area contributed by atoms with Gasteiger partial charge >= 0.3 is 0 Å². The average molecular weight is 244 g/mol. The van der Waals surface area contributed by atoms with Crippen LogP contribution in [0.2, 0.25) is 0 Å². The normalized spacial score (nSPS) is 11.0. The van der Waals surface area contributed by atoms with E-state index in [2.05, 4.69) is 15.1 Å². The van der Waals surface area contributed by atoms with Crippen molar-refractivity contribution in [2.75, 3.05) is 0 Å². The number of aryl methyl sites for hydroxylation is 1. The van der Waals surface area contributed by atoms with Gasteiger partial charge in [-0.3, -0.25) is 9.48 Å². The Bertz CT molecular complexity index is 790. The van der Waals surface area contributed by atoms with Crippen LogP contribution in [0.5, 0.6) is 0 Å². The second kappa shape index (κ2) is 3.76. The Kier molecular flexibility index (Phi) is 2.22. The molecule has 0 radical (unpaired) electrons. The molecule has 90 valence electrons. The Morgan fingerprint density at radius 3 is 2.94 bits per heavy atom. The predicted molar refractivity (Wildman–Crippen MR) is 64.5 cm³/mol. The lowest BCUT2D eigenvalue weighted by Gasteiger charge is -2.00.